The van der Waals surface area contributed by atoms with E-state index in [0.29, 0.717) is 24.7 Å². The fourth-order valence-corrected chi connectivity index (χ4v) is 3.75. The lowest BCUT2D eigenvalue weighted by Gasteiger charge is -2.34. The third-order valence-corrected chi connectivity index (χ3v) is 4.61. The Bertz CT molecular complexity index is 395. The van der Waals surface area contributed by atoms with E-state index in [-0.39, 0.29) is 11.9 Å². The summed E-state index contributed by atoms with van der Waals surface area (Å²) in [5.41, 5.74) is 0. The maximum absolute atomic E-state index is 12.4. The maximum atomic E-state index is 12.4. The predicted octanol–water partition coefficient (Wildman–Crippen LogP) is 2.59. The first kappa shape index (κ1) is 15.1. The first-order valence-electron chi connectivity index (χ1n) is 7.65. The van der Waals surface area contributed by atoms with E-state index >= 15 is 0 Å². The lowest BCUT2D eigenvalue weighted by molar-refractivity contribution is -0.147. The molecule has 0 saturated heterocycles. The van der Waals surface area contributed by atoms with E-state index in [2.05, 4.69) is 19.2 Å². The van der Waals surface area contributed by atoms with Gasteiger partial charge in [0.2, 0.25) is 5.91 Å². The second-order valence-corrected chi connectivity index (χ2v) is 6.62. The van der Waals surface area contributed by atoms with Gasteiger partial charge in [-0.15, -0.1) is 0 Å². The smallest absolute Gasteiger partial charge is 0.307 e. The van der Waals surface area contributed by atoms with Crippen LogP contribution in [0.3, 0.4) is 0 Å². The fourth-order valence-electron chi connectivity index (χ4n) is 3.75. The topological polar surface area (TPSA) is 66.4 Å². The van der Waals surface area contributed by atoms with Gasteiger partial charge in [-0.25, -0.2) is 0 Å². The van der Waals surface area contributed by atoms with Crippen molar-refractivity contribution in [3.05, 3.63) is 12.2 Å². The summed E-state index contributed by atoms with van der Waals surface area (Å²) in [7, 11) is 0. The minimum absolute atomic E-state index is 0.0759. The molecule has 4 nitrogen and oxygen atoms in total. The zero-order valence-electron chi connectivity index (χ0n) is 12.3. The van der Waals surface area contributed by atoms with Gasteiger partial charge in [-0.3, -0.25) is 9.59 Å². The van der Waals surface area contributed by atoms with Gasteiger partial charge in [0.05, 0.1) is 11.8 Å². The quantitative estimate of drug-likeness (QED) is 0.780. The summed E-state index contributed by atoms with van der Waals surface area (Å²) in [5, 5.41) is 12.3. The van der Waals surface area contributed by atoms with E-state index < -0.39 is 17.8 Å². The molecule has 2 rings (SSSR count). The molecule has 112 valence electrons. The molecule has 0 spiro atoms. The minimum Gasteiger partial charge on any atom is -0.481 e. The molecule has 2 N–H and O–H groups in total. The fraction of sp³-hybridized carbons (Fsp3) is 0.750. The number of carboxylic acid groups (broad SMARTS) is 1. The average Bonchev–Trinajstić information content (AvgIpc) is 2.37. The zero-order valence-corrected chi connectivity index (χ0v) is 12.3. The SMILES string of the molecule is CC1CC(C)CC(NC(=O)C2CC=CCC2C(=O)O)C1. The van der Waals surface area contributed by atoms with Crippen LogP contribution in [0, 0.1) is 23.7 Å². The zero-order chi connectivity index (χ0) is 14.7. The third kappa shape index (κ3) is 3.62. The number of carbonyl (C=O) groups excluding carboxylic acids is 1. The Labute approximate surface area is 120 Å². The molecule has 2 aliphatic rings. The Morgan fingerprint density at radius 2 is 1.55 bits per heavy atom. The van der Waals surface area contributed by atoms with Crippen LogP contribution in [0.5, 0.6) is 0 Å². The van der Waals surface area contributed by atoms with E-state index in [1.807, 2.05) is 12.2 Å². The monoisotopic (exact) mass is 279 g/mol. The molecule has 0 aromatic heterocycles. The molecule has 0 bridgehead atoms. The van der Waals surface area contributed by atoms with Crippen LogP contribution < -0.4 is 5.32 Å². The maximum Gasteiger partial charge on any atom is 0.307 e. The standard InChI is InChI=1S/C16H25NO3/c1-10-7-11(2)9-12(8-10)17-15(18)13-5-3-4-6-14(13)16(19)20/h3-4,10-14H,5-9H2,1-2H3,(H,17,18)(H,19,20). The Hall–Kier alpha value is -1.32. The van der Waals surface area contributed by atoms with E-state index in [1.54, 1.807) is 0 Å². The predicted molar refractivity (Wildman–Crippen MR) is 77.1 cm³/mol. The summed E-state index contributed by atoms with van der Waals surface area (Å²) in [5.74, 6) is -0.660. The van der Waals surface area contributed by atoms with Crippen molar-refractivity contribution in [2.45, 2.75) is 52.0 Å². The number of amides is 1. The number of hydrogen-bond acceptors (Lipinski definition) is 2. The molecule has 2 aliphatic carbocycles. The van der Waals surface area contributed by atoms with Crippen molar-refractivity contribution in [1.82, 2.24) is 5.32 Å². The number of nitrogens with one attached hydrogen (secondary N) is 1. The molecule has 0 aliphatic heterocycles. The summed E-state index contributed by atoms with van der Waals surface area (Å²) in [6.07, 6.45) is 8.04. The van der Waals surface area contributed by atoms with Crippen molar-refractivity contribution in [2.24, 2.45) is 23.7 Å². The molecule has 4 atom stereocenters. The Morgan fingerprint density at radius 1 is 1.00 bits per heavy atom. The highest BCUT2D eigenvalue weighted by Gasteiger charge is 2.35. The molecule has 0 aromatic rings. The highest BCUT2D eigenvalue weighted by Crippen LogP contribution is 2.30. The van der Waals surface area contributed by atoms with Crippen molar-refractivity contribution in [3.63, 3.8) is 0 Å². The van der Waals surface area contributed by atoms with E-state index in [9.17, 15) is 14.7 Å². The molecule has 0 heterocycles. The molecule has 4 heteroatoms. The van der Waals surface area contributed by atoms with Gasteiger partial charge in [0.15, 0.2) is 0 Å². The van der Waals surface area contributed by atoms with E-state index in [0.717, 1.165) is 12.8 Å². The van der Waals surface area contributed by atoms with Crippen molar-refractivity contribution in [2.75, 3.05) is 0 Å². The van der Waals surface area contributed by atoms with Gasteiger partial charge in [-0.2, -0.15) is 0 Å². The minimum atomic E-state index is -0.861. The summed E-state index contributed by atoms with van der Waals surface area (Å²) < 4.78 is 0. The highest BCUT2D eigenvalue weighted by atomic mass is 16.4. The average molecular weight is 279 g/mol. The first-order valence-corrected chi connectivity index (χ1v) is 7.65. The molecule has 20 heavy (non-hydrogen) atoms. The van der Waals surface area contributed by atoms with Gasteiger partial charge in [0.1, 0.15) is 0 Å². The van der Waals surface area contributed by atoms with E-state index in [1.165, 1.54) is 6.42 Å². The molecule has 0 aromatic carbocycles. The summed E-state index contributed by atoms with van der Waals surface area (Å²) >= 11 is 0. The van der Waals surface area contributed by atoms with Crippen LogP contribution >= 0.6 is 0 Å². The van der Waals surface area contributed by atoms with Crippen molar-refractivity contribution < 1.29 is 14.7 Å². The largest absolute Gasteiger partial charge is 0.481 e. The van der Waals surface area contributed by atoms with Gasteiger partial charge >= 0.3 is 5.97 Å². The van der Waals surface area contributed by atoms with Crippen LogP contribution in [0.2, 0.25) is 0 Å². The van der Waals surface area contributed by atoms with Crippen LogP contribution in [0.4, 0.5) is 0 Å². The molecule has 0 radical (unpaired) electrons. The van der Waals surface area contributed by atoms with Crippen LogP contribution in [0.25, 0.3) is 0 Å². The first-order chi connectivity index (χ1) is 9.47. The van der Waals surface area contributed by atoms with E-state index in [4.69, 9.17) is 0 Å². The number of aliphatic carboxylic acids is 1. The Kier molecular flexibility index (Phi) is 4.84. The highest BCUT2D eigenvalue weighted by molar-refractivity contribution is 5.85. The third-order valence-electron chi connectivity index (χ3n) is 4.61. The van der Waals surface area contributed by atoms with Gasteiger partial charge in [0.25, 0.3) is 0 Å². The molecule has 1 saturated carbocycles. The lowest BCUT2D eigenvalue weighted by atomic mass is 9.79. The summed E-state index contributed by atoms with van der Waals surface area (Å²) in [4.78, 5) is 23.6. The Balaban J connectivity index is 1.96. The van der Waals surface area contributed by atoms with Crippen molar-refractivity contribution >= 4 is 11.9 Å². The number of carboxylic acids is 1. The van der Waals surface area contributed by atoms with Crippen molar-refractivity contribution in [3.8, 4) is 0 Å². The molecular formula is C16H25NO3. The summed E-state index contributed by atoms with van der Waals surface area (Å²) in [6.45, 7) is 4.44. The summed E-state index contributed by atoms with van der Waals surface area (Å²) in [6, 6.07) is 0.210. The lowest BCUT2D eigenvalue weighted by Crippen LogP contribution is -2.45. The molecule has 1 fully saturated rings. The second-order valence-electron chi connectivity index (χ2n) is 6.62. The molecule has 4 unspecified atom stereocenters. The van der Waals surface area contributed by atoms with Crippen LogP contribution in [0.1, 0.15) is 46.0 Å². The molecule has 1 amide bonds. The number of hydrogen-bond donors (Lipinski definition) is 2. The van der Waals surface area contributed by atoms with Gasteiger partial charge in [-0.05, 0) is 43.9 Å². The number of allylic oxidation sites excluding steroid dienone is 2. The van der Waals surface area contributed by atoms with Gasteiger partial charge in [0, 0.05) is 6.04 Å². The van der Waals surface area contributed by atoms with Crippen LogP contribution in [0.15, 0.2) is 12.2 Å². The molecular weight excluding hydrogens is 254 g/mol. The normalized spacial score (nSPS) is 37.4. The van der Waals surface area contributed by atoms with Crippen LogP contribution in [-0.2, 0) is 9.59 Å². The van der Waals surface area contributed by atoms with Gasteiger partial charge < -0.3 is 10.4 Å². The number of carbonyl (C=O) groups is 2. The van der Waals surface area contributed by atoms with Crippen LogP contribution in [-0.4, -0.2) is 23.0 Å². The van der Waals surface area contributed by atoms with Crippen molar-refractivity contribution in [1.29, 1.82) is 0 Å². The Morgan fingerprint density at radius 3 is 2.10 bits per heavy atom. The van der Waals surface area contributed by atoms with Gasteiger partial charge in [-0.1, -0.05) is 26.0 Å². The second kappa shape index (κ2) is 6.42. The number of rotatable bonds is 3.